The van der Waals surface area contributed by atoms with Crippen molar-refractivity contribution in [1.82, 2.24) is 5.32 Å². The van der Waals surface area contributed by atoms with E-state index in [4.69, 9.17) is 4.42 Å². The predicted molar refractivity (Wildman–Crippen MR) is 156 cm³/mol. The predicted octanol–water partition coefficient (Wildman–Crippen LogP) is 5.94. The Morgan fingerprint density at radius 1 is 0.846 bits per heavy atom. The van der Waals surface area contributed by atoms with Gasteiger partial charge in [0.2, 0.25) is 5.91 Å². The number of carbonyl (C=O) groups is 2. The van der Waals surface area contributed by atoms with Crippen LogP contribution in [0.5, 0.6) is 0 Å². The fraction of sp³-hybridized carbons (Fsp3) is 0.281. The van der Waals surface area contributed by atoms with Crippen molar-refractivity contribution in [2.24, 2.45) is 0 Å². The van der Waals surface area contributed by atoms with Crippen molar-refractivity contribution in [3.8, 4) is 0 Å². The van der Waals surface area contributed by atoms with E-state index in [-0.39, 0.29) is 11.5 Å². The number of rotatable bonds is 8. The molecule has 1 N–H and O–H groups in total. The first-order chi connectivity index (χ1) is 18.6. The highest BCUT2D eigenvalue weighted by atomic mass is 16.4. The standard InChI is InChI=1S/C32H35N3O4/c1-6-34(7-2)25-19-18-23-20-26(31(38)39-27(23)21-25)30(37)35(24-16-12-9-13-17-24)28(22-14-10-8-11-15-22)29(36)33-32(3,4)5/h8-21,28H,6-7H2,1-5H3,(H,33,36). The lowest BCUT2D eigenvalue weighted by molar-refractivity contribution is -0.123. The van der Waals surface area contributed by atoms with Gasteiger partial charge in [0.15, 0.2) is 0 Å². The molecule has 0 saturated heterocycles. The smallest absolute Gasteiger partial charge is 0.349 e. The average Bonchev–Trinajstić information content (AvgIpc) is 2.91. The van der Waals surface area contributed by atoms with Crippen LogP contribution in [-0.2, 0) is 4.79 Å². The van der Waals surface area contributed by atoms with Crippen molar-refractivity contribution < 1.29 is 14.0 Å². The van der Waals surface area contributed by atoms with Crippen molar-refractivity contribution in [3.05, 3.63) is 106 Å². The van der Waals surface area contributed by atoms with Gasteiger partial charge in [0, 0.05) is 41.5 Å². The second-order valence-corrected chi connectivity index (χ2v) is 10.4. The van der Waals surface area contributed by atoms with Crippen LogP contribution in [-0.4, -0.2) is 30.4 Å². The molecule has 3 aromatic carbocycles. The molecule has 4 rings (SSSR count). The maximum Gasteiger partial charge on any atom is 0.349 e. The number of benzene rings is 3. The Balaban J connectivity index is 1.87. The first kappa shape index (κ1) is 27.6. The SMILES string of the molecule is CCN(CC)c1ccc2cc(C(=O)N(c3ccccc3)C(C(=O)NC(C)(C)C)c3ccccc3)c(=O)oc2c1. The molecule has 7 heteroatoms. The van der Waals surface area contributed by atoms with E-state index in [2.05, 4.69) is 24.1 Å². The van der Waals surface area contributed by atoms with Crippen LogP contribution >= 0.6 is 0 Å². The second kappa shape index (κ2) is 11.6. The lowest BCUT2D eigenvalue weighted by atomic mass is 10.00. The molecule has 1 atom stereocenters. The van der Waals surface area contributed by atoms with Gasteiger partial charge in [-0.05, 0) is 70.5 Å². The number of carbonyl (C=O) groups excluding carboxylic acids is 2. The molecule has 4 aromatic rings. The van der Waals surface area contributed by atoms with Gasteiger partial charge >= 0.3 is 5.63 Å². The van der Waals surface area contributed by atoms with E-state index in [9.17, 15) is 14.4 Å². The zero-order valence-corrected chi connectivity index (χ0v) is 23.1. The lowest BCUT2D eigenvalue weighted by Crippen LogP contribution is -2.50. The summed E-state index contributed by atoms with van der Waals surface area (Å²) in [5.74, 6) is -0.984. The summed E-state index contributed by atoms with van der Waals surface area (Å²) in [7, 11) is 0. The molecule has 39 heavy (non-hydrogen) atoms. The third kappa shape index (κ3) is 6.20. The van der Waals surface area contributed by atoms with Crippen LogP contribution in [0.3, 0.4) is 0 Å². The molecule has 0 aliphatic rings. The number of nitrogens with zero attached hydrogens (tertiary/aromatic N) is 2. The number of hydrogen-bond acceptors (Lipinski definition) is 5. The minimum atomic E-state index is -1.03. The summed E-state index contributed by atoms with van der Waals surface area (Å²) in [6.07, 6.45) is 0. The molecular formula is C32H35N3O4. The number of hydrogen-bond donors (Lipinski definition) is 1. The van der Waals surface area contributed by atoms with Gasteiger partial charge in [-0.15, -0.1) is 0 Å². The Bertz CT molecular complexity index is 1500. The molecule has 1 heterocycles. The summed E-state index contributed by atoms with van der Waals surface area (Å²) in [4.78, 5) is 44.8. The summed E-state index contributed by atoms with van der Waals surface area (Å²) in [5, 5.41) is 3.63. The molecule has 0 bridgehead atoms. The van der Waals surface area contributed by atoms with Crippen molar-refractivity contribution in [3.63, 3.8) is 0 Å². The molecule has 0 spiro atoms. The Morgan fingerprint density at radius 3 is 2.05 bits per heavy atom. The molecule has 0 fully saturated rings. The molecule has 0 aliphatic carbocycles. The summed E-state index contributed by atoms with van der Waals surface area (Å²) in [6.45, 7) is 11.4. The third-order valence-electron chi connectivity index (χ3n) is 6.45. The van der Waals surface area contributed by atoms with Crippen LogP contribution in [0.15, 0.2) is 94.1 Å². The Labute approximate surface area is 229 Å². The van der Waals surface area contributed by atoms with E-state index < -0.39 is 23.1 Å². The van der Waals surface area contributed by atoms with Gasteiger partial charge < -0.3 is 14.6 Å². The number of nitrogens with one attached hydrogen (secondary N) is 1. The third-order valence-corrected chi connectivity index (χ3v) is 6.45. The minimum Gasteiger partial charge on any atom is -0.422 e. The van der Waals surface area contributed by atoms with Crippen molar-refractivity contribution in [1.29, 1.82) is 0 Å². The second-order valence-electron chi connectivity index (χ2n) is 10.4. The van der Waals surface area contributed by atoms with Crippen LogP contribution in [0.25, 0.3) is 11.0 Å². The van der Waals surface area contributed by atoms with Crippen LogP contribution in [0, 0.1) is 0 Å². The highest BCUT2D eigenvalue weighted by molar-refractivity contribution is 6.11. The minimum absolute atomic E-state index is 0.147. The molecule has 1 unspecified atom stereocenters. The van der Waals surface area contributed by atoms with E-state index in [0.29, 0.717) is 22.2 Å². The van der Waals surface area contributed by atoms with E-state index in [1.54, 1.807) is 42.5 Å². The van der Waals surface area contributed by atoms with Gasteiger partial charge in [0.25, 0.3) is 5.91 Å². The van der Waals surface area contributed by atoms with Crippen molar-refractivity contribution in [2.75, 3.05) is 22.9 Å². The van der Waals surface area contributed by atoms with E-state index in [1.807, 2.05) is 63.2 Å². The first-order valence-electron chi connectivity index (χ1n) is 13.2. The number of amides is 2. The number of para-hydroxylation sites is 1. The van der Waals surface area contributed by atoms with E-state index in [0.717, 1.165) is 18.8 Å². The summed E-state index contributed by atoms with van der Waals surface area (Å²) in [5.41, 5.74) is 0.989. The first-order valence-corrected chi connectivity index (χ1v) is 13.2. The highest BCUT2D eigenvalue weighted by Gasteiger charge is 2.36. The average molecular weight is 526 g/mol. The normalized spacial score (nSPS) is 12.1. The van der Waals surface area contributed by atoms with Gasteiger partial charge in [0.05, 0.1) is 0 Å². The van der Waals surface area contributed by atoms with E-state index >= 15 is 0 Å². The summed E-state index contributed by atoms with van der Waals surface area (Å²) in [6, 6.07) is 24.1. The van der Waals surface area contributed by atoms with Gasteiger partial charge in [0.1, 0.15) is 17.2 Å². The quantitative estimate of drug-likeness (QED) is 0.288. The molecule has 202 valence electrons. The molecule has 0 saturated carbocycles. The largest absolute Gasteiger partial charge is 0.422 e. The Kier molecular flexibility index (Phi) is 8.19. The Morgan fingerprint density at radius 2 is 1.46 bits per heavy atom. The van der Waals surface area contributed by atoms with Crippen molar-refractivity contribution in [2.45, 2.75) is 46.2 Å². The van der Waals surface area contributed by atoms with Crippen LogP contribution in [0.1, 0.15) is 56.6 Å². The number of anilines is 2. The molecule has 0 radical (unpaired) electrons. The zero-order valence-electron chi connectivity index (χ0n) is 23.1. The summed E-state index contributed by atoms with van der Waals surface area (Å²) < 4.78 is 5.68. The fourth-order valence-corrected chi connectivity index (χ4v) is 4.63. The maximum absolute atomic E-state index is 14.2. The van der Waals surface area contributed by atoms with E-state index in [1.165, 1.54) is 4.90 Å². The van der Waals surface area contributed by atoms with Crippen LogP contribution in [0.2, 0.25) is 0 Å². The van der Waals surface area contributed by atoms with Crippen molar-refractivity contribution >= 4 is 34.2 Å². The number of fused-ring (bicyclic) bond motifs is 1. The molecule has 2 amide bonds. The molecular weight excluding hydrogens is 490 g/mol. The van der Waals surface area contributed by atoms with Gasteiger partial charge in [-0.25, -0.2) is 4.79 Å². The maximum atomic E-state index is 14.2. The molecule has 1 aromatic heterocycles. The zero-order chi connectivity index (χ0) is 28.2. The monoisotopic (exact) mass is 525 g/mol. The lowest BCUT2D eigenvalue weighted by Gasteiger charge is -2.33. The van der Waals surface area contributed by atoms with Crippen LogP contribution in [0.4, 0.5) is 11.4 Å². The fourth-order valence-electron chi connectivity index (χ4n) is 4.63. The highest BCUT2D eigenvalue weighted by Crippen LogP contribution is 2.31. The van der Waals surface area contributed by atoms with Gasteiger partial charge in [-0.1, -0.05) is 48.5 Å². The molecule has 7 nitrogen and oxygen atoms in total. The van der Waals surface area contributed by atoms with Gasteiger partial charge in [-0.2, -0.15) is 0 Å². The molecule has 0 aliphatic heterocycles. The topological polar surface area (TPSA) is 82.9 Å². The Hall–Kier alpha value is -4.39. The van der Waals surface area contributed by atoms with Crippen LogP contribution < -0.4 is 20.7 Å². The van der Waals surface area contributed by atoms with Gasteiger partial charge in [-0.3, -0.25) is 14.5 Å². The summed E-state index contributed by atoms with van der Waals surface area (Å²) >= 11 is 0.